The Labute approximate surface area is 235 Å². The zero-order chi connectivity index (χ0) is 28.2. The van der Waals surface area contributed by atoms with Gasteiger partial charge in [0.25, 0.3) is 0 Å². The van der Waals surface area contributed by atoms with E-state index in [0.29, 0.717) is 30.2 Å². The Bertz CT molecular complexity index is 946. The lowest BCUT2D eigenvalue weighted by atomic mass is 9.77. The summed E-state index contributed by atoms with van der Waals surface area (Å²) in [5.41, 5.74) is 1.35. The number of ether oxygens (including phenoxy) is 1. The number of amides is 2. The molecule has 0 spiro atoms. The third-order valence-electron chi connectivity index (χ3n) is 8.00. The topological polar surface area (TPSA) is 99.1 Å². The van der Waals surface area contributed by atoms with Crippen molar-refractivity contribution in [2.45, 2.75) is 116 Å². The van der Waals surface area contributed by atoms with E-state index in [1.807, 2.05) is 24.3 Å². The molecule has 0 aromatic heterocycles. The average molecular weight is 543 g/mol. The number of fused-ring (bicyclic) bond motifs is 3. The predicted octanol–water partition coefficient (Wildman–Crippen LogP) is 5.10. The van der Waals surface area contributed by atoms with E-state index in [-0.39, 0.29) is 25.0 Å². The highest BCUT2D eigenvalue weighted by Gasteiger charge is 2.50. The molecule has 7 nitrogen and oxygen atoms in total. The lowest BCUT2D eigenvalue weighted by molar-refractivity contribution is -0.137. The van der Waals surface area contributed by atoms with Gasteiger partial charge < -0.3 is 25.2 Å². The Hall–Kier alpha value is -2.38. The maximum absolute atomic E-state index is 13.6. The number of nitrogens with one attached hydrogen (secondary N) is 1. The summed E-state index contributed by atoms with van der Waals surface area (Å²) in [5.74, 6) is 0.340. The molecular formula is C32H50N2O5. The van der Waals surface area contributed by atoms with Crippen molar-refractivity contribution in [2.75, 3.05) is 19.7 Å². The number of benzene rings is 1. The minimum absolute atomic E-state index is 0.0166. The Morgan fingerprint density at radius 3 is 2.36 bits per heavy atom. The highest BCUT2D eigenvalue weighted by molar-refractivity contribution is 5.96. The summed E-state index contributed by atoms with van der Waals surface area (Å²) in [6.45, 7) is 6.96. The number of carbonyl (C=O) groups excluding carboxylic acids is 2. The molecule has 39 heavy (non-hydrogen) atoms. The molecule has 4 atom stereocenters. The van der Waals surface area contributed by atoms with Gasteiger partial charge in [-0.05, 0) is 30.9 Å². The molecule has 0 unspecified atom stereocenters. The maximum Gasteiger partial charge on any atom is 0.247 e. The van der Waals surface area contributed by atoms with E-state index in [4.69, 9.17) is 4.74 Å². The molecule has 2 amide bonds. The van der Waals surface area contributed by atoms with E-state index >= 15 is 0 Å². The van der Waals surface area contributed by atoms with Gasteiger partial charge in [-0.25, -0.2) is 0 Å². The summed E-state index contributed by atoms with van der Waals surface area (Å²) in [4.78, 5) is 28.6. The molecule has 1 aromatic rings. The van der Waals surface area contributed by atoms with E-state index < -0.39 is 24.2 Å². The average Bonchev–Trinajstić information content (AvgIpc) is 3.32. The predicted molar refractivity (Wildman–Crippen MR) is 155 cm³/mol. The monoisotopic (exact) mass is 542 g/mol. The first kappa shape index (κ1) is 31.2. The summed E-state index contributed by atoms with van der Waals surface area (Å²) in [6, 6.07) is 6.89. The van der Waals surface area contributed by atoms with Gasteiger partial charge in [0.05, 0.1) is 18.6 Å². The van der Waals surface area contributed by atoms with Gasteiger partial charge >= 0.3 is 0 Å². The summed E-state index contributed by atoms with van der Waals surface area (Å²) in [7, 11) is 0. The number of para-hydroxylation sites is 1. The molecule has 1 heterocycles. The smallest absolute Gasteiger partial charge is 0.247 e. The van der Waals surface area contributed by atoms with Gasteiger partial charge in [0.2, 0.25) is 11.8 Å². The van der Waals surface area contributed by atoms with Crippen molar-refractivity contribution in [1.29, 1.82) is 0 Å². The second-order valence-corrected chi connectivity index (χ2v) is 11.5. The minimum Gasteiger partial charge on any atom is -0.486 e. The first-order chi connectivity index (χ1) is 18.9. The molecule has 0 bridgehead atoms. The molecule has 7 heteroatoms. The van der Waals surface area contributed by atoms with Crippen molar-refractivity contribution in [3.8, 4) is 5.75 Å². The van der Waals surface area contributed by atoms with Crippen LogP contribution in [-0.2, 0) is 9.59 Å². The lowest BCUT2D eigenvalue weighted by Crippen LogP contribution is -2.56. The second kappa shape index (κ2) is 16.0. The quantitative estimate of drug-likeness (QED) is 0.238. The van der Waals surface area contributed by atoms with Crippen LogP contribution >= 0.6 is 0 Å². The zero-order valence-corrected chi connectivity index (χ0v) is 24.2. The van der Waals surface area contributed by atoms with Crippen molar-refractivity contribution < 1.29 is 24.5 Å². The van der Waals surface area contributed by atoms with E-state index in [2.05, 4.69) is 26.1 Å². The third-order valence-corrected chi connectivity index (χ3v) is 8.00. The van der Waals surface area contributed by atoms with Crippen LogP contribution in [0.4, 0.5) is 0 Å². The zero-order valence-electron chi connectivity index (χ0n) is 24.2. The van der Waals surface area contributed by atoms with Crippen LogP contribution < -0.4 is 10.1 Å². The fourth-order valence-corrected chi connectivity index (χ4v) is 5.76. The number of aliphatic hydroxyl groups excluding tert-OH is 2. The molecule has 1 aromatic carbocycles. The Balaban J connectivity index is 1.74. The number of aliphatic hydroxyl groups is 2. The van der Waals surface area contributed by atoms with Crippen molar-refractivity contribution in [3.05, 3.63) is 41.5 Å². The van der Waals surface area contributed by atoms with Crippen LogP contribution in [0, 0.1) is 5.92 Å². The third kappa shape index (κ3) is 8.55. The van der Waals surface area contributed by atoms with Gasteiger partial charge in [0, 0.05) is 30.6 Å². The maximum atomic E-state index is 13.6. The molecule has 0 saturated carbocycles. The molecule has 0 fully saturated rings. The number of hydrogen-bond donors (Lipinski definition) is 3. The molecule has 0 saturated heterocycles. The first-order valence-electron chi connectivity index (χ1n) is 15.2. The molecule has 3 rings (SSSR count). The van der Waals surface area contributed by atoms with Gasteiger partial charge in [0.1, 0.15) is 18.0 Å². The number of nitrogens with zero attached hydrogens (tertiary/aromatic N) is 1. The van der Waals surface area contributed by atoms with Gasteiger partial charge in [-0.15, -0.1) is 0 Å². The standard InChI is InChI=1S/C32H50N2O5/c1-4-5-6-7-8-9-10-11-12-17-28(36)34(20-18-23(2)3)26-22-25(32(38)33-19-21-35)29-24-15-13-14-16-27(24)39-31(29)30(26)37/h13-16,22-23,26,29-31,35,37H,4-12,17-21H2,1-3H3,(H,33,38)/t26-,29+,30+,31+/m1/s1. The normalized spacial score (nSPS) is 21.6. The molecule has 0 radical (unpaired) electrons. The first-order valence-corrected chi connectivity index (χ1v) is 15.2. The fourth-order valence-electron chi connectivity index (χ4n) is 5.76. The number of carbonyl (C=O) groups is 2. The van der Waals surface area contributed by atoms with Crippen molar-refractivity contribution in [3.63, 3.8) is 0 Å². The van der Waals surface area contributed by atoms with Crippen LogP contribution in [0.2, 0.25) is 0 Å². The van der Waals surface area contributed by atoms with Gasteiger partial charge in [-0.2, -0.15) is 0 Å². The minimum atomic E-state index is -0.962. The number of rotatable bonds is 17. The Morgan fingerprint density at radius 1 is 1.03 bits per heavy atom. The van der Waals surface area contributed by atoms with Crippen LogP contribution in [0.25, 0.3) is 0 Å². The molecule has 218 valence electrons. The van der Waals surface area contributed by atoms with E-state index in [9.17, 15) is 19.8 Å². The summed E-state index contributed by atoms with van der Waals surface area (Å²) in [6.07, 6.45) is 12.1. The molecular weight excluding hydrogens is 492 g/mol. The fraction of sp³-hybridized carbons (Fsp3) is 0.688. The Morgan fingerprint density at radius 2 is 1.69 bits per heavy atom. The molecule has 2 aliphatic rings. The number of hydrogen-bond acceptors (Lipinski definition) is 5. The van der Waals surface area contributed by atoms with Crippen molar-refractivity contribution in [1.82, 2.24) is 10.2 Å². The van der Waals surface area contributed by atoms with Crippen molar-refractivity contribution in [2.24, 2.45) is 5.92 Å². The molecule has 1 aliphatic carbocycles. The van der Waals surface area contributed by atoms with Gasteiger partial charge in [-0.3, -0.25) is 9.59 Å². The van der Waals surface area contributed by atoms with Crippen LogP contribution in [0.1, 0.15) is 103 Å². The van der Waals surface area contributed by atoms with E-state index in [0.717, 1.165) is 31.2 Å². The summed E-state index contributed by atoms with van der Waals surface area (Å²) >= 11 is 0. The van der Waals surface area contributed by atoms with Crippen LogP contribution in [0.15, 0.2) is 35.9 Å². The molecule has 1 aliphatic heterocycles. The largest absolute Gasteiger partial charge is 0.486 e. The second-order valence-electron chi connectivity index (χ2n) is 11.5. The molecule has 3 N–H and O–H groups in total. The van der Waals surface area contributed by atoms with E-state index in [1.54, 1.807) is 11.0 Å². The summed E-state index contributed by atoms with van der Waals surface area (Å²) in [5, 5.41) is 23.6. The highest BCUT2D eigenvalue weighted by Crippen LogP contribution is 2.47. The van der Waals surface area contributed by atoms with Gasteiger partial charge in [0.15, 0.2) is 0 Å². The van der Waals surface area contributed by atoms with Crippen LogP contribution in [0.5, 0.6) is 5.75 Å². The lowest BCUT2D eigenvalue weighted by Gasteiger charge is -2.41. The van der Waals surface area contributed by atoms with Gasteiger partial charge in [-0.1, -0.05) is 90.3 Å². The van der Waals surface area contributed by atoms with Crippen LogP contribution in [-0.4, -0.2) is 64.9 Å². The van der Waals surface area contributed by atoms with Crippen molar-refractivity contribution >= 4 is 11.8 Å². The summed E-state index contributed by atoms with van der Waals surface area (Å²) < 4.78 is 6.20. The van der Waals surface area contributed by atoms with E-state index in [1.165, 1.54) is 38.5 Å². The SMILES string of the molecule is CCCCCCCCCCCC(=O)N(CCC(C)C)[C@@H]1C=C(C(=O)NCCO)[C@@H]2c3ccccc3O[C@@H]2[C@H]1O. The van der Waals surface area contributed by atoms with Crippen LogP contribution in [0.3, 0.4) is 0 Å². The Kier molecular flexibility index (Phi) is 12.8. The number of unbranched alkanes of at least 4 members (excludes halogenated alkanes) is 8. The highest BCUT2D eigenvalue weighted by atomic mass is 16.5.